The number of ether oxygens (including phenoxy) is 1. The quantitative estimate of drug-likeness (QED) is 0.714. The second kappa shape index (κ2) is 10.5. The van der Waals surface area contributed by atoms with Gasteiger partial charge in [0.2, 0.25) is 5.91 Å². The summed E-state index contributed by atoms with van der Waals surface area (Å²) >= 11 is 0. The van der Waals surface area contributed by atoms with Gasteiger partial charge in [0.05, 0.1) is 13.2 Å². The highest BCUT2D eigenvalue weighted by Gasteiger charge is 2.26. The number of nitrogens with zero attached hydrogens (tertiary/aromatic N) is 2. The van der Waals surface area contributed by atoms with E-state index in [1.54, 1.807) is 0 Å². The minimum Gasteiger partial charge on any atom is -0.379 e. The Kier molecular flexibility index (Phi) is 8.02. The van der Waals surface area contributed by atoms with Crippen molar-refractivity contribution in [2.24, 2.45) is 11.8 Å². The van der Waals surface area contributed by atoms with E-state index in [-0.39, 0.29) is 5.92 Å². The molecule has 1 aliphatic carbocycles. The molecule has 5 heteroatoms. The van der Waals surface area contributed by atoms with Crippen molar-refractivity contribution in [3.05, 3.63) is 0 Å². The number of carbonyl (C=O) groups excluding carboxylic acids is 1. The Morgan fingerprint density at radius 3 is 2.36 bits per heavy atom. The van der Waals surface area contributed by atoms with Crippen LogP contribution >= 0.6 is 0 Å². The predicted octanol–water partition coefficient (Wildman–Crippen LogP) is 2.12. The summed E-state index contributed by atoms with van der Waals surface area (Å²) < 4.78 is 5.36. The zero-order valence-electron chi connectivity index (χ0n) is 15.9. The molecule has 25 heavy (non-hydrogen) atoms. The lowest BCUT2D eigenvalue weighted by atomic mass is 9.88. The second-order valence-electron chi connectivity index (χ2n) is 8.18. The molecular weight excluding hydrogens is 314 g/mol. The van der Waals surface area contributed by atoms with Gasteiger partial charge in [-0.25, -0.2) is 0 Å². The Hall–Kier alpha value is -0.650. The van der Waals surface area contributed by atoms with E-state index in [1.807, 2.05) is 0 Å². The molecule has 0 aromatic carbocycles. The van der Waals surface area contributed by atoms with Crippen molar-refractivity contribution in [3.63, 3.8) is 0 Å². The summed E-state index contributed by atoms with van der Waals surface area (Å²) in [7, 11) is 0. The van der Waals surface area contributed by atoms with Crippen LogP contribution in [0.15, 0.2) is 0 Å². The van der Waals surface area contributed by atoms with Gasteiger partial charge in [-0.15, -0.1) is 0 Å². The maximum atomic E-state index is 12.4. The molecule has 0 radical (unpaired) electrons. The number of hydrogen-bond acceptors (Lipinski definition) is 4. The summed E-state index contributed by atoms with van der Waals surface area (Å²) in [6, 6.07) is 0. The van der Waals surface area contributed by atoms with Gasteiger partial charge in [-0.1, -0.05) is 19.3 Å². The third-order valence-corrected chi connectivity index (χ3v) is 6.25. The minimum absolute atomic E-state index is 0.242. The number of nitrogens with one attached hydrogen (secondary N) is 1. The lowest BCUT2D eigenvalue weighted by molar-refractivity contribution is -0.126. The SMILES string of the molecule is O=C(NCCCN1CCOCC1)C1CCN(CC2CCCCC2)CC1. The van der Waals surface area contributed by atoms with Gasteiger partial charge >= 0.3 is 0 Å². The number of rotatable bonds is 7. The van der Waals surface area contributed by atoms with E-state index in [2.05, 4.69) is 15.1 Å². The zero-order chi connectivity index (χ0) is 17.3. The Bertz CT molecular complexity index is 384. The highest BCUT2D eigenvalue weighted by atomic mass is 16.5. The van der Waals surface area contributed by atoms with Crippen LogP contribution < -0.4 is 5.32 Å². The summed E-state index contributed by atoms with van der Waals surface area (Å²) in [6.07, 6.45) is 10.3. The van der Waals surface area contributed by atoms with Gasteiger partial charge in [0.25, 0.3) is 0 Å². The first-order chi connectivity index (χ1) is 12.3. The first-order valence-electron chi connectivity index (χ1n) is 10.6. The Morgan fingerprint density at radius 1 is 0.920 bits per heavy atom. The molecule has 144 valence electrons. The molecule has 2 saturated heterocycles. The largest absolute Gasteiger partial charge is 0.379 e. The lowest BCUT2D eigenvalue weighted by Crippen LogP contribution is -2.43. The molecule has 0 spiro atoms. The van der Waals surface area contributed by atoms with Crippen molar-refractivity contribution in [2.75, 3.05) is 59.0 Å². The van der Waals surface area contributed by atoms with Crippen molar-refractivity contribution in [3.8, 4) is 0 Å². The molecule has 0 unspecified atom stereocenters. The smallest absolute Gasteiger partial charge is 0.223 e. The third-order valence-electron chi connectivity index (χ3n) is 6.25. The van der Waals surface area contributed by atoms with E-state index < -0.39 is 0 Å². The first kappa shape index (κ1) is 19.1. The van der Waals surface area contributed by atoms with Crippen LogP contribution in [0.5, 0.6) is 0 Å². The van der Waals surface area contributed by atoms with Crippen molar-refractivity contribution in [2.45, 2.75) is 51.4 Å². The minimum atomic E-state index is 0.242. The van der Waals surface area contributed by atoms with E-state index in [0.29, 0.717) is 5.91 Å². The molecule has 0 atom stereocenters. The predicted molar refractivity (Wildman–Crippen MR) is 101 cm³/mol. The first-order valence-corrected chi connectivity index (χ1v) is 10.6. The topological polar surface area (TPSA) is 44.8 Å². The van der Waals surface area contributed by atoms with Crippen molar-refractivity contribution in [1.29, 1.82) is 0 Å². The van der Waals surface area contributed by atoms with E-state index in [0.717, 1.165) is 77.7 Å². The van der Waals surface area contributed by atoms with Crippen LogP contribution in [-0.2, 0) is 9.53 Å². The van der Waals surface area contributed by atoms with E-state index >= 15 is 0 Å². The average molecular weight is 352 g/mol. The molecule has 1 N–H and O–H groups in total. The molecular formula is C20H37N3O2. The maximum Gasteiger partial charge on any atom is 0.223 e. The van der Waals surface area contributed by atoms with Gasteiger partial charge in [0, 0.05) is 32.1 Å². The molecule has 5 nitrogen and oxygen atoms in total. The number of carbonyl (C=O) groups is 1. The summed E-state index contributed by atoms with van der Waals surface area (Å²) in [5.41, 5.74) is 0. The summed E-state index contributed by atoms with van der Waals surface area (Å²) in [5, 5.41) is 3.17. The summed E-state index contributed by atoms with van der Waals surface area (Å²) in [6.45, 7) is 9.17. The number of hydrogen-bond donors (Lipinski definition) is 1. The Balaban J connectivity index is 1.25. The van der Waals surface area contributed by atoms with E-state index in [9.17, 15) is 4.79 Å². The molecule has 3 fully saturated rings. The van der Waals surface area contributed by atoms with Gasteiger partial charge in [0.1, 0.15) is 0 Å². The molecule has 2 aliphatic heterocycles. The molecule has 3 rings (SSSR count). The third kappa shape index (κ3) is 6.54. The Morgan fingerprint density at radius 2 is 1.64 bits per heavy atom. The van der Waals surface area contributed by atoms with Crippen molar-refractivity contribution >= 4 is 5.91 Å². The van der Waals surface area contributed by atoms with Crippen LogP contribution in [0.2, 0.25) is 0 Å². The standard InChI is InChI=1S/C20H37N3O2/c24-20(21-9-4-10-22-13-15-25-16-14-22)19-7-11-23(12-8-19)17-18-5-2-1-3-6-18/h18-19H,1-17H2,(H,21,24). The highest BCUT2D eigenvalue weighted by Crippen LogP contribution is 2.26. The fourth-order valence-electron chi connectivity index (χ4n) is 4.60. The van der Waals surface area contributed by atoms with Gasteiger partial charge in [-0.2, -0.15) is 0 Å². The molecule has 1 saturated carbocycles. The fourth-order valence-corrected chi connectivity index (χ4v) is 4.60. The second-order valence-corrected chi connectivity index (χ2v) is 8.18. The number of piperidine rings is 1. The van der Waals surface area contributed by atoms with Crippen LogP contribution in [-0.4, -0.2) is 74.7 Å². The number of likely N-dealkylation sites (tertiary alicyclic amines) is 1. The molecule has 2 heterocycles. The number of amides is 1. The normalized spacial score (nSPS) is 25.1. The van der Waals surface area contributed by atoms with E-state index in [1.165, 1.54) is 38.6 Å². The lowest BCUT2D eigenvalue weighted by Gasteiger charge is -2.35. The molecule has 3 aliphatic rings. The van der Waals surface area contributed by atoms with Gasteiger partial charge < -0.3 is 15.0 Å². The Labute approximate surface area is 153 Å². The van der Waals surface area contributed by atoms with Crippen LogP contribution in [0.4, 0.5) is 0 Å². The van der Waals surface area contributed by atoms with Crippen molar-refractivity contribution < 1.29 is 9.53 Å². The number of morpholine rings is 1. The van der Waals surface area contributed by atoms with Crippen LogP contribution in [0.3, 0.4) is 0 Å². The van der Waals surface area contributed by atoms with E-state index in [4.69, 9.17) is 4.74 Å². The van der Waals surface area contributed by atoms with Crippen LogP contribution in [0.1, 0.15) is 51.4 Å². The summed E-state index contributed by atoms with van der Waals surface area (Å²) in [4.78, 5) is 17.4. The molecule has 0 bridgehead atoms. The molecule has 1 amide bonds. The van der Waals surface area contributed by atoms with Crippen LogP contribution in [0.25, 0.3) is 0 Å². The van der Waals surface area contributed by atoms with Crippen LogP contribution in [0, 0.1) is 11.8 Å². The fraction of sp³-hybridized carbons (Fsp3) is 0.950. The molecule has 0 aromatic heterocycles. The van der Waals surface area contributed by atoms with Gasteiger partial charge in [-0.3, -0.25) is 9.69 Å². The maximum absolute atomic E-state index is 12.4. The monoisotopic (exact) mass is 351 g/mol. The van der Waals surface area contributed by atoms with Crippen molar-refractivity contribution in [1.82, 2.24) is 15.1 Å². The van der Waals surface area contributed by atoms with Gasteiger partial charge in [0.15, 0.2) is 0 Å². The summed E-state index contributed by atoms with van der Waals surface area (Å²) in [5.74, 6) is 1.45. The highest BCUT2D eigenvalue weighted by molar-refractivity contribution is 5.78. The molecule has 0 aromatic rings. The zero-order valence-corrected chi connectivity index (χ0v) is 15.9. The van der Waals surface area contributed by atoms with Gasteiger partial charge in [-0.05, 0) is 57.7 Å². The average Bonchev–Trinajstić information content (AvgIpc) is 2.67.